The number of benzene rings is 1. The Kier molecular flexibility index (Phi) is 4.98. The van der Waals surface area contributed by atoms with Gasteiger partial charge in [-0.15, -0.1) is 0 Å². The van der Waals surface area contributed by atoms with E-state index in [-0.39, 0.29) is 11.7 Å². The zero-order valence-electron chi connectivity index (χ0n) is 15.0. The molecule has 0 atom stereocenters. The summed E-state index contributed by atoms with van der Waals surface area (Å²) >= 11 is 1.46. The highest BCUT2D eigenvalue weighted by atomic mass is 32.1. The van der Waals surface area contributed by atoms with E-state index in [4.69, 9.17) is 0 Å². The lowest BCUT2D eigenvalue weighted by atomic mass is 10.2. The molecular weight excluding hydrogens is 379 g/mol. The van der Waals surface area contributed by atoms with Crippen LogP contribution in [0.25, 0.3) is 21.5 Å². The van der Waals surface area contributed by atoms with Gasteiger partial charge >= 0.3 is 0 Å². The van der Waals surface area contributed by atoms with Crippen molar-refractivity contribution in [2.45, 2.75) is 13.5 Å². The van der Waals surface area contributed by atoms with Gasteiger partial charge in [0, 0.05) is 32.3 Å². The van der Waals surface area contributed by atoms with E-state index in [9.17, 15) is 9.18 Å². The number of amides is 1. The number of anilines is 2. The van der Waals surface area contributed by atoms with E-state index in [2.05, 4.69) is 25.6 Å². The number of thiazole rings is 1. The van der Waals surface area contributed by atoms with Gasteiger partial charge in [0.05, 0.1) is 22.9 Å². The van der Waals surface area contributed by atoms with Crippen molar-refractivity contribution in [2.75, 3.05) is 11.9 Å². The third kappa shape index (κ3) is 3.99. The summed E-state index contributed by atoms with van der Waals surface area (Å²) in [4.78, 5) is 25.1. The Morgan fingerprint density at radius 3 is 2.79 bits per heavy atom. The molecule has 3 aromatic heterocycles. The Bertz CT molecular complexity index is 1120. The minimum Gasteiger partial charge on any atom is -0.355 e. The number of aromatic nitrogens is 4. The lowest BCUT2D eigenvalue weighted by Crippen LogP contribution is -2.24. The van der Waals surface area contributed by atoms with Crippen molar-refractivity contribution in [1.29, 1.82) is 0 Å². The minimum atomic E-state index is -0.265. The normalized spacial score (nSPS) is 10.9. The number of fused-ring (bicyclic) bond motifs is 1. The average Bonchev–Trinajstić information content (AvgIpc) is 3.29. The molecule has 4 aromatic rings. The Morgan fingerprint density at radius 2 is 2.00 bits per heavy atom. The van der Waals surface area contributed by atoms with Gasteiger partial charge < -0.3 is 15.2 Å². The molecule has 7 nitrogen and oxygen atoms in total. The monoisotopic (exact) mass is 396 g/mol. The molecule has 0 unspecified atom stereocenters. The summed E-state index contributed by atoms with van der Waals surface area (Å²) in [5.74, 6) is 0.321. The van der Waals surface area contributed by atoms with Gasteiger partial charge in [-0.1, -0.05) is 23.5 Å². The van der Waals surface area contributed by atoms with E-state index < -0.39 is 0 Å². The van der Waals surface area contributed by atoms with Crippen LogP contribution in [-0.2, 0) is 11.3 Å². The van der Waals surface area contributed by atoms with Crippen molar-refractivity contribution < 1.29 is 9.18 Å². The molecule has 0 aliphatic heterocycles. The van der Waals surface area contributed by atoms with Crippen molar-refractivity contribution in [3.8, 4) is 10.4 Å². The molecule has 2 N–H and O–H groups in total. The Balaban J connectivity index is 1.51. The maximum Gasteiger partial charge on any atom is 0.216 e. The maximum absolute atomic E-state index is 13.1. The van der Waals surface area contributed by atoms with E-state index in [1.807, 2.05) is 10.6 Å². The molecule has 28 heavy (non-hydrogen) atoms. The smallest absolute Gasteiger partial charge is 0.216 e. The van der Waals surface area contributed by atoms with E-state index >= 15 is 0 Å². The molecule has 0 saturated heterocycles. The highest BCUT2D eigenvalue weighted by molar-refractivity contribution is 7.18. The summed E-state index contributed by atoms with van der Waals surface area (Å²) in [6.07, 6.45) is 5.17. The number of nitrogens with one attached hydrogen (secondary N) is 2. The molecule has 3 heterocycles. The summed E-state index contributed by atoms with van der Waals surface area (Å²) in [5, 5.41) is 6.66. The molecule has 9 heteroatoms. The second kappa shape index (κ2) is 7.73. The van der Waals surface area contributed by atoms with Gasteiger partial charge in [-0.3, -0.25) is 4.79 Å². The first kappa shape index (κ1) is 18.1. The fraction of sp³-hybridized carbons (Fsp3) is 0.158. The molecule has 1 amide bonds. The third-order valence-corrected chi connectivity index (χ3v) is 5.07. The number of carbonyl (C=O) groups excluding carboxylic acids is 1. The fourth-order valence-corrected chi connectivity index (χ4v) is 3.58. The van der Waals surface area contributed by atoms with Crippen molar-refractivity contribution in [2.24, 2.45) is 0 Å². The molecule has 0 radical (unpaired) electrons. The standard InChI is InChI=1S/C19H17FN6OS/c1-12(27)21-6-7-26-11-24-15-9-22-18(8-16(15)26)25-19-23-10-17(28-19)13-2-4-14(20)5-3-13/h2-5,8-11H,6-7H2,1H3,(H,21,27)(H,22,23,25). The van der Waals surface area contributed by atoms with Crippen molar-refractivity contribution in [3.63, 3.8) is 0 Å². The summed E-state index contributed by atoms with van der Waals surface area (Å²) in [6, 6.07) is 8.21. The van der Waals surface area contributed by atoms with Crippen LogP contribution in [-0.4, -0.2) is 32.0 Å². The zero-order valence-corrected chi connectivity index (χ0v) is 15.8. The topological polar surface area (TPSA) is 84.7 Å². The number of pyridine rings is 1. The van der Waals surface area contributed by atoms with E-state index in [1.165, 1.54) is 30.4 Å². The molecule has 0 saturated carbocycles. The molecule has 142 valence electrons. The Morgan fingerprint density at radius 1 is 1.18 bits per heavy atom. The summed E-state index contributed by atoms with van der Waals surface area (Å²) in [7, 11) is 0. The van der Waals surface area contributed by atoms with Crippen LogP contribution in [0.4, 0.5) is 15.3 Å². The van der Waals surface area contributed by atoms with Crippen LogP contribution in [0.5, 0.6) is 0 Å². The predicted molar refractivity (Wildman–Crippen MR) is 107 cm³/mol. The van der Waals surface area contributed by atoms with Crippen LogP contribution >= 0.6 is 11.3 Å². The average molecular weight is 396 g/mol. The highest BCUT2D eigenvalue weighted by Crippen LogP contribution is 2.30. The summed E-state index contributed by atoms with van der Waals surface area (Å²) < 4.78 is 15.0. The van der Waals surface area contributed by atoms with Gasteiger partial charge in [-0.25, -0.2) is 19.3 Å². The van der Waals surface area contributed by atoms with E-state index in [1.54, 1.807) is 30.9 Å². The number of rotatable bonds is 6. The summed E-state index contributed by atoms with van der Waals surface area (Å²) in [6.45, 7) is 2.64. The minimum absolute atomic E-state index is 0.0610. The van der Waals surface area contributed by atoms with Crippen molar-refractivity contribution in [1.82, 2.24) is 24.8 Å². The van der Waals surface area contributed by atoms with Gasteiger partial charge in [-0.2, -0.15) is 0 Å². The molecule has 4 rings (SSSR count). The van der Waals surface area contributed by atoms with Crippen LogP contribution < -0.4 is 10.6 Å². The quantitative estimate of drug-likeness (QED) is 0.520. The van der Waals surface area contributed by atoms with Gasteiger partial charge in [0.25, 0.3) is 0 Å². The van der Waals surface area contributed by atoms with Crippen molar-refractivity contribution >= 4 is 39.2 Å². The van der Waals surface area contributed by atoms with Crippen LogP contribution in [0.2, 0.25) is 0 Å². The lowest BCUT2D eigenvalue weighted by Gasteiger charge is -2.06. The number of carbonyl (C=O) groups is 1. The Labute approximate surface area is 164 Å². The molecular formula is C19H17FN6OS. The molecule has 0 bridgehead atoms. The van der Waals surface area contributed by atoms with Crippen LogP contribution in [0.3, 0.4) is 0 Å². The molecule has 1 aromatic carbocycles. The number of hydrogen-bond acceptors (Lipinski definition) is 6. The van der Waals surface area contributed by atoms with E-state index in [0.29, 0.717) is 24.0 Å². The molecule has 0 aliphatic carbocycles. The molecule has 0 spiro atoms. The summed E-state index contributed by atoms with van der Waals surface area (Å²) in [5.41, 5.74) is 2.60. The predicted octanol–water partition coefficient (Wildman–Crippen LogP) is 3.57. The third-order valence-electron chi connectivity index (χ3n) is 4.10. The lowest BCUT2D eigenvalue weighted by molar-refractivity contribution is -0.118. The van der Waals surface area contributed by atoms with Gasteiger partial charge in [-0.05, 0) is 17.7 Å². The second-order valence-electron chi connectivity index (χ2n) is 6.14. The molecule has 0 aliphatic rings. The van der Waals surface area contributed by atoms with E-state index in [0.717, 1.165) is 21.5 Å². The number of hydrogen-bond donors (Lipinski definition) is 2. The second-order valence-corrected chi connectivity index (χ2v) is 7.17. The van der Waals surface area contributed by atoms with Gasteiger partial charge in [0.2, 0.25) is 5.91 Å². The SMILES string of the molecule is CC(=O)NCCn1cnc2cnc(Nc3ncc(-c4ccc(F)cc4)s3)cc21. The number of nitrogens with zero attached hydrogens (tertiary/aromatic N) is 4. The zero-order chi connectivity index (χ0) is 19.5. The molecule has 0 fully saturated rings. The first-order valence-corrected chi connectivity index (χ1v) is 9.44. The maximum atomic E-state index is 13.1. The van der Waals surface area contributed by atoms with Gasteiger partial charge in [0.1, 0.15) is 17.2 Å². The first-order chi connectivity index (χ1) is 13.6. The highest BCUT2D eigenvalue weighted by Gasteiger charge is 2.09. The number of halogens is 1. The van der Waals surface area contributed by atoms with Crippen LogP contribution in [0.1, 0.15) is 6.92 Å². The number of imidazole rings is 1. The van der Waals surface area contributed by atoms with Crippen LogP contribution in [0, 0.1) is 5.82 Å². The van der Waals surface area contributed by atoms with Gasteiger partial charge in [0.15, 0.2) is 5.13 Å². The Hall–Kier alpha value is -3.33. The van der Waals surface area contributed by atoms with Crippen LogP contribution in [0.15, 0.2) is 49.1 Å². The largest absolute Gasteiger partial charge is 0.355 e. The first-order valence-electron chi connectivity index (χ1n) is 8.62. The van der Waals surface area contributed by atoms with Crippen molar-refractivity contribution in [3.05, 3.63) is 54.9 Å². The fourth-order valence-electron chi connectivity index (χ4n) is 2.75.